The standard InChI is InChI=1S/C7H13NO3/c1-5-3-8(7(9)10)4-6(2)11-5/h5-6H,3-4H2,1-2H3,(H,9,10)/t5-,6+. The van der Waals surface area contributed by atoms with Crippen molar-refractivity contribution in [3.8, 4) is 0 Å². The van der Waals surface area contributed by atoms with E-state index >= 15 is 0 Å². The van der Waals surface area contributed by atoms with Crippen molar-refractivity contribution in [3.05, 3.63) is 0 Å². The van der Waals surface area contributed by atoms with E-state index < -0.39 is 6.09 Å². The van der Waals surface area contributed by atoms with Gasteiger partial charge in [0.2, 0.25) is 0 Å². The van der Waals surface area contributed by atoms with Crippen molar-refractivity contribution in [2.75, 3.05) is 13.1 Å². The number of hydrogen-bond acceptors (Lipinski definition) is 2. The predicted molar refractivity (Wildman–Crippen MR) is 39.6 cm³/mol. The van der Waals surface area contributed by atoms with Crippen molar-refractivity contribution in [1.29, 1.82) is 0 Å². The number of amides is 1. The molecular formula is C7H13NO3. The minimum Gasteiger partial charge on any atom is -0.465 e. The van der Waals surface area contributed by atoms with Gasteiger partial charge >= 0.3 is 6.09 Å². The Bertz CT molecular complexity index is 150. The lowest BCUT2D eigenvalue weighted by molar-refractivity contribution is -0.0603. The van der Waals surface area contributed by atoms with Crippen LogP contribution in [-0.2, 0) is 4.74 Å². The molecule has 11 heavy (non-hydrogen) atoms. The van der Waals surface area contributed by atoms with Gasteiger partial charge in [0.1, 0.15) is 0 Å². The third-order valence-electron chi connectivity index (χ3n) is 1.69. The lowest BCUT2D eigenvalue weighted by Gasteiger charge is -2.33. The number of morpholine rings is 1. The molecule has 0 saturated carbocycles. The Kier molecular flexibility index (Phi) is 2.34. The second kappa shape index (κ2) is 3.09. The molecule has 4 heteroatoms. The number of rotatable bonds is 0. The molecule has 0 aromatic rings. The maximum absolute atomic E-state index is 10.5. The largest absolute Gasteiger partial charge is 0.465 e. The second-order valence-electron chi connectivity index (χ2n) is 2.94. The molecule has 1 fully saturated rings. The van der Waals surface area contributed by atoms with E-state index in [1.807, 2.05) is 13.8 Å². The summed E-state index contributed by atoms with van der Waals surface area (Å²) in [5.41, 5.74) is 0. The van der Waals surface area contributed by atoms with Crippen LogP contribution in [0.15, 0.2) is 0 Å². The average molecular weight is 159 g/mol. The molecular weight excluding hydrogens is 146 g/mol. The first kappa shape index (κ1) is 8.33. The molecule has 1 aliphatic rings. The Labute approximate surface area is 65.8 Å². The molecule has 0 bridgehead atoms. The van der Waals surface area contributed by atoms with Crippen molar-refractivity contribution in [2.24, 2.45) is 0 Å². The molecule has 4 nitrogen and oxygen atoms in total. The van der Waals surface area contributed by atoms with Gasteiger partial charge in [-0.1, -0.05) is 0 Å². The summed E-state index contributed by atoms with van der Waals surface area (Å²) in [6.07, 6.45) is -0.809. The highest BCUT2D eigenvalue weighted by molar-refractivity contribution is 5.65. The maximum atomic E-state index is 10.5. The highest BCUT2D eigenvalue weighted by atomic mass is 16.5. The summed E-state index contributed by atoms with van der Waals surface area (Å²) in [5, 5.41) is 8.64. The molecule has 1 amide bonds. The van der Waals surface area contributed by atoms with Gasteiger partial charge in [-0.05, 0) is 13.8 Å². The van der Waals surface area contributed by atoms with E-state index in [1.165, 1.54) is 4.90 Å². The molecule has 1 heterocycles. The third kappa shape index (κ3) is 2.08. The van der Waals surface area contributed by atoms with Crippen LogP contribution in [0, 0.1) is 0 Å². The van der Waals surface area contributed by atoms with Crippen LogP contribution in [0.1, 0.15) is 13.8 Å². The highest BCUT2D eigenvalue weighted by Crippen LogP contribution is 2.09. The third-order valence-corrected chi connectivity index (χ3v) is 1.69. The second-order valence-corrected chi connectivity index (χ2v) is 2.94. The SMILES string of the molecule is C[C@@H]1CN(C(=O)O)C[C@H](C)O1. The minimum absolute atomic E-state index is 0.0230. The number of carbonyl (C=O) groups is 1. The number of hydrogen-bond donors (Lipinski definition) is 1. The monoisotopic (exact) mass is 159 g/mol. The van der Waals surface area contributed by atoms with Crippen molar-refractivity contribution < 1.29 is 14.6 Å². The topological polar surface area (TPSA) is 49.8 Å². The average Bonchev–Trinajstić information content (AvgIpc) is 1.85. The van der Waals surface area contributed by atoms with E-state index in [4.69, 9.17) is 9.84 Å². The molecule has 0 aromatic carbocycles. The number of nitrogens with zero attached hydrogens (tertiary/aromatic N) is 1. The summed E-state index contributed by atoms with van der Waals surface area (Å²) in [4.78, 5) is 11.9. The van der Waals surface area contributed by atoms with E-state index in [2.05, 4.69) is 0 Å². The molecule has 1 saturated heterocycles. The van der Waals surface area contributed by atoms with Gasteiger partial charge in [-0.3, -0.25) is 0 Å². The van der Waals surface area contributed by atoms with Crippen LogP contribution in [-0.4, -0.2) is 41.4 Å². The number of ether oxygens (including phenoxy) is 1. The zero-order chi connectivity index (χ0) is 8.43. The van der Waals surface area contributed by atoms with Gasteiger partial charge in [0, 0.05) is 0 Å². The molecule has 0 unspecified atom stereocenters. The van der Waals surface area contributed by atoms with Crippen LogP contribution in [0.2, 0.25) is 0 Å². The van der Waals surface area contributed by atoms with Crippen LogP contribution < -0.4 is 0 Å². The van der Waals surface area contributed by atoms with Gasteiger partial charge < -0.3 is 14.7 Å². The van der Waals surface area contributed by atoms with E-state index in [-0.39, 0.29) is 12.2 Å². The Morgan fingerprint density at radius 2 is 1.91 bits per heavy atom. The fourth-order valence-electron chi connectivity index (χ4n) is 1.33. The van der Waals surface area contributed by atoms with Crippen molar-refractivity contribution in [3.63, 3.8) is 0 Å². The molecule has 0 spiro atoms. The van der Waals surface area contributed by atoms with E-state index in [1.54, 1.807) is 0 Å². The Hall–Kier alpha value is -0.770. The van der Waals surface area contributed by atoms with Crippen LogP contribution in [0.4, 0.5) is 4.79 Å². The lowest BCUT2D eigenvalue weighted by atomic mass is 10.2. The first-order chi connectivity index (χ1) is 5.09. The number of carboxylic acid groups (broad SMARTS) is 1. The molecule has 1 N–H and O–H groups in total. The quantitative estimate of drug-likeness (QED) is 0.568. The van der Waals surface area contributed by atoms with Gasteiger partial charge in [-0.15, -0.1) is 0 Å². The summed E-state index contributed by atoms with van der Waals surface area (Å²) >= 11 is 0. The fraction of sp³-hybridized carbons (Fsp3) is 0.857. The summed E-state index contributed by atoms with van der Waals surface area (Å²) < 4.78 is 5.36. The fourth-order valence-corrected chi connectivity index (χ4v) is 1.33. The molecule has 64 valence electrons. The van der Waals surface area contributed by atoms with Crippen LogP contribution >= 0.6 is 0 Å². The maximum Gasteiger partial charge on any atom is 0.407 e. The minimum atomic E-state index is -0.855. The summed E-state index contributed by atoms with van der Waals surface area (Å²) in [5.74, 6) is 0. The van der Waals surface area contributed by atoms with Crippen molar-refractivity contribution in [2.45, 2.75) is 26.1 Å². The zero-order valence-electron chi connectivity index (χ0n) is 6.78. The van der Waals surface area contributed by atoms with Gasteiger partial charge in [0.15, 0.2) is 0 Å². The Morgan fingerprint density at radius 1 is 1.45 bits per heavy atom. The molecule has 1 aliphatic heterocycles. The predicted octanol–water partition coefficient (Wildman–Crippen LogP) is 0.774. The van der Waals surface area contributed by atoms with E-state index in [0.717, 1.165) is 0 Å². The first-order valence-electron chi connectivity index (χ1n) is 3.73. The molecule has 0 radical (unpaired) electrons. The highest BCUT2D eigenvalue weighted by Gasteiger charge is 2.24. The molecule has 0 aromatic heterocycles. The van der Waals surface area contributed by atoms with E-state index in [0.29, 0.717) is 13.1 Å². The smallest absolute Gasteiger partial charge is 0.407 e. The van der Waals surface area contributed by atoms with Crippen LogP contribution in [0.25, 0.3) is 0 Å². The first-order valence-corrected chi connectivity index (χ1v) is 3.73. The van der Waals surface area contributed by atoms with Crippen molar-refractivity contribution in [1.82, 2.24) is 4.90 Å². The zero-order valence-corrected chi connectivity index (χ0v) is 6.78. The van der Waals surface area contributed by atoms with Crippen LogP contribution in [0.5, 0.6) is 0 Å². The van der Waals surface area contributed by atoms with Gasteiger partial charge in [0.25, 0.3) is 0 Å². The Morgan fingerprint density at radius 3 is 2.27 bits per heavy atom. The molecule has 2 atom stereocenters. The van der Waals surface area contributed by atoms with Gasteiger partial charge in [-0.25, -0.2) is 4.79 Å². The van der Waals surface area contributed by atoms with E-state index in [9.17, 15) is 4.79 Å². The summed E-state index contributed by atoms with van der Waals surface area (Å²) in [6.45, 7) is 4.73. The normalized spacial score (nSPS) is 32.0. The molecule has 0 aliphatic carbocycles. The Balaban J connectivity index is 2.49. The van der Waals surface area contributed by atoms with Gasteiger partial charge in [-0.2, -0.15) is 0 Å². The van der Waals surface area contributed by atoms with Gasteiger partial charge in [0.05, 0.1) is 25.3 Å². The summed E-state index contributed by atoms with van der Waals surface area (Å²) in [7, 11) is 0. The molecule has 1 rings (SSSR count). The summed E-state index contributed by atoms with van der Waals surface area (Å²) in [6, 6.07) is 0. The lowest BCUT2D eigenvalue weighted by Crippen LogP contribution is -2.47. The van der Waals surface area contributed by atoms with Crippen molar-refractivity contribution >= 4 is 6.09 Å². The van der Waals surface area contributed by atoms with Crippen LogP contribution in [0.3, 0.4) is 0 Å².